The molecule has 0 amide bonds. The SMILES string of the molecule is Nc1ccc(O)c(-c2cccc3[nH]nnc23)c1. The zero-order valence-electron chi connectivity index (χ0n) is 8.88. The number of aromatic amines is 1. The van der Waals surface area contributed by atoms with Crippen molar-refractivity contribution in [2.75, 3.05) is 5.73 Å². The summed E-state index contributed by atoms with van der Waals surface area (Å²) < 4.78 is 0. The van der Waals surface area contributed by atoms with Crippen LogP contribution in [0.4, 0.5) is 5.69 Å². The first-order chi connectivity index (χ1) is 8.25. The van der Waals surface area contributed by atoms with Crippen LogP contribution in [-0.2, 0) is 0 Å². The van der Waals surface area contributed by atoms with Crippen LogP contribution < -0.4 is 5.73 Å². The maximum atomic E-state index is 9.87. The molecule has 0 radical (unpaired) electrons. The Kier molecular flexibility index (Phi) is 1.98. The fraction of sp³-hybridized carbons (Fsp3) is 0. The highest BCUT2D eigenvalue weighted by atomic mass is 16.3. The van der Waals surface area contributed by atoms with E-state index >= 15 is 0 Å². The smallest absolute Gasteiger partial charge is 0.123 e. The minimum Gasteiger partial charge on any atom is -0.507 e. The van der Waals surface area contributed by atoms with Crippen LogP contribution in [0.2, 0.25) is 0 Å². The van der Waals surface area contributed by atoms with E-state index in [2.05, 4.69) is 15.4 Å². The van der Waals surface area contributed by atoms with E-state index in [9.17, 15) is 5.11 Å². The second-order valence-corrected chi connectivity index (χ2v) is 3.79. The van der Waals surface area contributed by atoms with Gasteiger partial charge >= 0.3 is 0 Å². The monoisotopic (exact) mass is 226 g/mol. The number of aromatic nitrogens is 3. The standard InChI is InChI=1S/C12H10N4O/c13-7-4-5-11(17)9(6-7)8-2-1-3-10-12(8)15-16-14-10/h1-6,17H,13H2,(H,14,15,16). The van der Waals surface area contributed by atoms with E-state index in [1.165, 1.54) is 0 Å². The molecule has 0 aliphatic carbocycles. The number of nitrogens with zero attached hydrogens (tertiary/aromatic N) is 2. The van der Waals surface area contributed by atoms with Gasteiger partial charge < -0.3 is 10.8 Å². The van der Waals surface area contributed by atoms with Crippen molar-refractivity contribution in [1.29, 1.82) is 0 Å². The van der Waals surface area contributed by atoms with E-state index in [0.717, 1.165) is 11.1 Å². The first-order valence-electron chi connectivity index (χ1n) is 5.14. The molecule has 0 aliphatic rings. The van der Waals surface area contributed by atoms with E-state index in [1.54, 1.807) is 18.2 Å². The lowest BCUT2D eigenvalue weighted by Crippen LogP contribution is -1.87. The molecule has 3 aromatic rings. The molecule has 0 bridgehead atoms. The quantitative estimate of drug-likeness (QED) is 0.437. The number of phenols is 1. The summed E-state index contributed by atoms with van der Waals surface area (Å²) in [5.74, 6) is 0.176. The lowest BCUT2D eigenvalue weighted by molar-refractivity contribution is 0.477. The summed E-state index contributed by atoms with van der Waals surface area (Å²) in [6.07, 6.45) is 0. The fourth-order valence-corrected chi connectivity index (χ4v) is 1.86. The molecule has 84 valence electrons. The van der Waals surface area contributed by atoms with Crippen molar-refractivity contribution in [3.8, 4) is 16.9 Å². The predicted octanol–water partition coefficient (Wildman–Crippen LogP) is 1.91. The van der Waals surface area contributed by atoms with Crippen LogP contribution in [0, 0.1) is 0 Å². The number of nitrogen functional groups attached to an aromatic ring is 1. The summed E-state index contributed by atoms with van der Waals surface area (Å²) in [5.41, 5.74) is 9.33. The Morgan fingerprint density at radius 1 is 1.12 bits per heavy atom. The Labute approximate surface area is 96.9 Å². The van der Waals surface area contributed by atoms with Gasteiger partial charge in [0.2, 0.25) is 0 Å². The molecule has 5 heteroatoms. The predicted molar refractivity (Wildman–Crippen MR) is 65.4 cm³/mol. The van der Waals surface area contributed by atoms with Crippen LogP contribution in [-0.4, -0.2) is 20.5 Å². The largest absolute Gasteiger partial charge is 0.507 e. The maximum Gasteiger partial charge on any atom is 0.123 e. The maximum absolute atomic E-state index is 9.87. The summed E-state index contributed by atoms with van der Waals surface area (Å²) >= 11 is 0. The van der Waals surface area contributed by atoms with Crippen molar-refractivity contribution in [3.05, 3.63) is 36.4 Å². The van der Waals surface area contributed by atoms with Gasteiger partial charge in [-0.25, -0.2) is 0 Å². The molecule has 5 nitrogen and oxygen atoms in total. The normalized spacial score (nSPS) is 10.8. The van der Waals surface area contributed by atoms with E-state index < -0.39 is 0 Å². The molecule has 2 aromatic carbocycles. The molecule has 0 saturated carbocycles. The van der Waals surface area contributed by atoms with Gasteiger partial charge in [0.05, 0.1) is 5.52 Å². The number of H-pyrrole nitrogens is 1. The van der Waals surface area contributed by atoms with Gasteiger partial charge in [-0.1, -0.05) is 17.3 Å². The summed E-state index contributed by atoms with van der Waals surface area (Å²) in [7, 11) is 0. The number of benzene rings is 2. The molecule has 4 N–H and O–H groups in total. The van der Waals surface area contributed by atoms with Crippen molar-refractivity contribution in [1.82, 2.24) is 15.4 Å². The molecular formula is C12H10N4O. The number of hydrogen-bond acceptors (Lipinski definition) is 4. The zero-order valence-corrected chi connectivity index (χ0v) is 8.88. The third-order valence-electron chi connectivity index (χ3n) is 2.67. The van der Waals surface area contributed by atoms with Crippen molar-refractivity contribution >= 4 is 16.7 Å². The van der Waals surface area contributed by atoms with Crippen LogP contribution in [0.5, 0.6) is 5.75 Å². The van der Waals surface area contributed by atoms with Crippen molar-refractivity contribution in [2.24, 2.45) is 0 Å². The number of fused-ring (bicyclic) bond motifs is 1. The van der Waals surface area contributed by atoms with E-state index in [1.807, 2.05) is 18.2 Å². The van der Waals surface area contributed by atoms with Gasteiger partial charge in [0, 0.05) is 16.8 Å². The van der Waals surface area contributed by atoms with E-state index in [0.29, 0.717) is 16.8 Å². The van der Waals surface area contributed by atoms with E-state index in [4.69, 9.17) is 5.73 Å². The second kappa shape index (κ2) is 3.48. The first kappa shape index (κ1) is 9.65. The highest BCUT2D eigenvalue weighted by Crippen LogP contribution is 2.34. The van der Waals surface area contributed by atoms with Crippen LogP contribution in [0.3, 0.4) is 0 Å². The van der Waals surface area contributed by atoms with Gasteiger partial charge in [0.1, 0.15) is 11.3 Å². The third-order valence-corrected chi connectivity index (χ3v) is 2.67. The molecule has 0 aliphatic heterocycles. The molecule has 1 aromatic heterocycles. The minimum atomic E-state index is 0.176. The molecule has 17 heavy (non-hydrogen) atoms. The van der Waals surface area contributed by atoms with Gasteiger partial charge in [-0.2, -0.15) is 0 Å². The fourth-order valence-electron chi connectivity index (χ4n) is 1.86. The highest BCUT2D eigenvalue weighted by molar-refractivity contribution is 5.93. The molecule has 0 fully saturated rings. The third kappa shape index (κ3) is 1.48. The van der Waals surface area contributed by atoms with Gasteiger partial charge in [0.25, 0.3) is 0 Å². The van der Waals surface area contributed by atoms with Crippen LogP contribution in [0.25, 0.3) is 22.2 Å². The van der Waals surface area contributed by atoms with Crippen LogP contribution in [0.15, 0.2) is 36.4 Å². The van der Waals surface area contributed by atoms with Gasteiger partial charge in [-0.3, -0.25) is 5.10 Å². The topological polar surface area (TPSA) is 87.8 Å². The first-order valence-corrected chi connectivity index (χ1v) is 5.14. The molecule has 1 heterocycles. The Morgan fingerprint density at radius 3 is 2.88 bits per heavy atom. The van der Waals surface area contributed by atoms with Crippen LogP contribution >= 0.6 is 0 Å². The lowest BCUT2D eigenvalue weighted by atomic mass is 10.0. The molecule has 0 atom stereocenters. The summed E-state index contributed by atoms with van der Waals surface area (Å²) in [6.45, 7) is 0. The number of nitrogens with two attached hydrogens (primary N) is 1. The van der Waals surface area contributed by atoms with E-state index in [-0.39, 0.29) is 5.75 Å². The highest BCUT2D eigenvalue weighted by Gasteiger charge is 2.10. The zero-order chi connectivity index (χ0) is 11.8. The number of hydrogen-bond donors (Lipinski definition) is 3. The second-order valence-electron chi connectivity index (χ2n) is 3.79. The molecule has 0 unspecified atom stereocenters. The average molecular weight is 226 g/mol. The summed E-state index contributed by atoms with van der Waals surface area (Å²) in [6, 6.07) is 10.6. The van der Waals surface area contributed by atoms with Gasteiger partial charge in [0.15, 0.2) is 0 Å². The summed E-state index contributed by atoms with van der Waals surface area (Å²) in [4.78, 5) is 0. The Morgan fingerprint density at radius 2 is 2.00 bits per heavy atom. The average Bonchev–Trinajstić information content (AvgIpc) is 2.80. The van der Waals surface area contributed by atoms with Gasteiger partial charge in [-0.05, 0) is 24.3 Å². The van der Waals surface area contributed by atoms with Gasteiger partial charge in [-0.15, -0.1) is 5.10 Å². The Hall–Kier alpha value is -2.56. The van der Waals surface area contributed by atoms with Crippen LogP contribution in [0.1, 0.15) is 0 Å². The number of rotatable bonds is 1. The number of phenolic OH excluding ortho intramolecular Hbond substituents is 1. The Balaban J connectivity index is 2.34. The summed E-state index contributed by atoms with van der Waals surface area (Å²) in [5, 5.41) is 20.4. The molecule has 0 saturated heterocycles. The molecular weight excluding hydrogens is 216 g/mol. The molecule has 0 spiro atoms. The van der Waals surface area contributed by atoms with Crippen molar-refractivity contribution in [3.63, 3.8) is 0 Å². The number of nitrogens with one attached hydrogen (secondary N) is 1. The lowest BCUT2D eigenvalue weighted by Gasteiger charge is -2.06. The minimum absolute atomic E-state index is 0.176. The van der Waals surface area contributed by atoms with Crippen molar-refractivity contribution < 1.29 is 5.11 Å². The number of aromatic hydroxyl groups is 1. The van der Waals surface area contributed by atoms with Crippen molar-refractivity contribution in [2.45, 2.75) is 0 Å². The molecule has 3 rings (SSSR count). The Bertz CT molecular complexity index is 690. The number of anilines is 1.